The van der Waals surface area contributed by atoms with Crippen LogP contribution in [0.4, 0.5) is 0 Å². The van der Waals surface area contributed by atoms with Crippen LogP contribution in [0.25, 0.3) is 0 Å². The molecule has 1 aromatic heterocycles. The lowest BCUT2D eigenvalue weighted by atomic mass is 9.80. The molecule has 3 heteroatoms. The van der Waals surface area contributed by atoms with Gasteiger partial charge in [0.05, 0.1) is 11.8 Å². The molecule has 0 bridgehead atoms. The Balaban J connectivity index is 2.18. The van der Waals surface area contributed by atoms with Crippen LogP contribution in [0.15, 0.2) is 42.6 Å². The van der Waals surface area contributed by atoms with Gasteiger partial charge in [0.1, 0.15) is 0 Å². The van der Waals surface area contributed by atoms with Gasteiger partial charge in [0.2, 0.25) is 0 Å². The summed E-state index contributed by atoms with van der Waals surface area (Å²) in [6.45, 7) is 4.38. The van der Waals surface area contributed by atoms with Crippen LogP contribution in [0.2, 0.25) is 0 Å². The molecule has 1 aromatic carbocycles. The zero-order chi connectivity index (χ0) is 14.5. The zero-order valence-electron chi connectivity index (χ0n) is 12.5. The van der Waals surface area contributed by atoms with Crippen molar-refractivity contribution in [1.29, 1.82) is 0 Å². The average molecular weight is 272 g/mol. The quantitative estimate of drug-likeness (QED) is 0.877. The van der Waals surface area contributed by atoms with Crippen molar-refractivity contribution in [2.24, 2.45) is 13.0 Å². The van der Waals surface area contributed by atoms with Gasteiger partial charge in [-0.05, 0) is 17.5 Å². The van der Waals surface area contributed by atoms with E-state index in [1.807, 2.05) is 37.5 Å². The Bertz CT molecular complexity index is 521. The summed E-state index contributed by atoms with van der Waals surface area (Å²) in [7, 11) is 1.90. The number of hydrogen-bond donors (Lipinski definition) is 1. The first-order valence-electron chi connectivity index (χ1n) is 7.33. The summed E-state index contributed by atoms with van der Waals surface area (Å²) in [5.41, 5.74) is 2.16. The van der Waals surface area contributed by atoms with E-state index in [0.29, 0.717) is 12.3 Å². The number of aromatic nitrogens is 2. The summed E-state index contributed by atoms with van der Waals surface area (Å²) in [5, 5.41) is 15.0. The second-order valence-corrected chi connectivity index (χ2v) is 5.57. The van der Waals surface area contributed by atoms with Gasteiger partial charge in [0.15, 0.2) is 0 Å². The van der Waals surface area contributed by atoms with E-state index in [2.05, 4.69) is 31.1 Å². The van der Waals surface area contributed by atoms with Crippen molar-refractivity contribution in [2.75, 3.05) is 0 Å². The molecule has 108 valence electrons. The fourth-order valence-electron chi connectivity index (χ4n) is 2.77. The Kier molecular flexibility index (Phi) is 4.96. The molecule has 0 saturated carbocycles. The molecule has 1 heterocycles. The van der Waals surface area contributed by atoms with E-state index in [9.17, 15) is 5.11 Å². The van der Waals surface area contributed by atoms with Gasteiger partial charge in [-0.2, -0.15) is 5.10 Å². The molecular weight excluding hydrogens is 248 g/mol. The van der Waals surface area contributed by atoms with Gasteiger partial charge in [-0.15, -0.1) is 0 Å². The Hall–Kier alpha value is -1.61. The molecule has 2 aromatic rings. The van der Waals surface area contributed by atoms with Crippen LogP contribution in [-0.4, -0.2) is 21.0 Å². The Morgan fingerprint density at radius 3 is 2.45 bits per heavy atom. The van der Waals surface area contributed by atoms with Crippen LogP contribution in [0.1, 0.15) is 37.4 Å². The molecule has 20 heavy (non-hydrogen) atoms. The van der Waals surface area contributed by atoms with Crippen LogP contribution in [0.5, 0.6) is 0 Å². The lowest BCUT2D eigenvalue weighted by molar-refractivity contribution is 0.116. The third-order valence-electron chi connectivity index (χ3n) is 4.04. The average Bonchev–Trinajstić information content (AvgIpc) is 2.85. The van der Waals surface area contributed by atoms with E-state index in [0.717, 1.165) is 12.1 Å². The number of nitrogens with zero attached hydrogens (tertiary/aromatic N) is 2. The maximum atomic E-state index is 10.7. The Labute approximate surface area is 121 Å². The summed E-state index contributed by atoms with van der Waals surface area (Å²) < 4.78 is 1.78. The fourth-order valence-corrected chi connectivity index (χ4v) is 2.77. The summed E-state index contributed by atoms with van der Waals surface area (Å²) in [6.07, 6.45) is 3.18. The minimum absolute atomic E-state index is 0.156. The van der Waals surface area contributed by atoms with E-state index >= 15 is 0 Å². The number of aliphatic hydroxyl groups is 1. The Morgan fingerprint density at radius 2 is 1.90 bits per heavy atom. The molecule has 0 aliphatic rings. The number of aliphatic hydroxyl groups excluding tert-OH is 1. The minimum atomic E-state index is -0.401. The summed E-state index contributed by atoms with van der Waals surface area (Å²) in [5.74, 6) is 0.597. The molecule has 0 fully saturated rings. The van der Waals surface area contributed by atoms with Gasteiger partial charge in [-0.3, -0.25) is 4.68 Å². The topological polar surface area (TPSA) is 38.0 Å². The summed E-state index contributed by atoms with van der Waals surface area (Å²) in [4.78, 5) is 0. The number of hydrogen-bond acceptors (Lipinski definition) is 2. The fraction of sp³-hybridized carbons (Fsp3) is 0.471. The van der Waals surface area contributed by atoms with Gasteiger partial charge >= 0.3 is 0 Å². The van der Waals surface area contributed by atoms with Gasteiger partial charge in [-0.25, -0.2) is 0 Å². The van der Waals surface area contributed by atoms with E-state index in [1.54, 1.807) is 4.68 Å². The van der Waals surface area contributed by atoms with Gasteiger partial charge in [0.25, 0.3) is 0 Å². The van der Waals surface area contributed by atoms with Crippen LogP contribution in [-0.2, 0) is 13.5 Å². The standard InChI is InChI=1S/C17H24N2O/c1-4-13(2)17(14-8-6-5-7-9-14)16(20)12-15-10-11-19(3)18-15/h5-11,13,16-17,20H,4,12H2,1-3H3. The van der Waals surface area contributed by atoms with Crippen molar-refractivity contribution >= 4 is 0 Å². The zero-order valence-corrected chi connectivity index (χ0v) is 12.5. The predicted octanol–water partition coefficient (Wildman–Crippen LogP) is 3.15. The Morgan fingerprint density at radius 1 is 1.20 bits per heavy atom. The molecule has 2 rings (SSSR count). The highest BCUT2D eigenvalue weighted by Crippen LogP contribution is 2.31. The highest BCUT2D eigenvalue weighted by molar-refractivity contribution is 5.22. The van der Waals surface area contributed by atoms with Gasteiger partial charge < -0.3 is 5.11 Å². The maximum Gasteiger partial charge on any atom is 0.0667 e. The van der Waals surface area contributed by atoms with Crippen molar-refractivity contribution in [3.8, 4) is 0 Å². The van der Waals surface area contributed by atoms with E-state index in [1.165, 1.54) is 5.56 Å². The monoisotopic (exact) mass is 272 g/mol. The van der Waals surface area contributed by atoms with E-state index in [-0.39, 0.29) is 5.92 Å². The minimum Gasteiger partial charge on any atom is -0.392 e. The maximum absolute atomic E-state index is 10.7. The van der Waals surface area contributed by atoms with Crippen molar-refractivity contribution in [1.82, 2.24) is 9.78 Å². The molecule has 0 amide bonds. The molecular formula is C17H24N2O. The number of aryl methyl sites for hydroxylation is 1. The van der Waals surface area contributed by atoms with E-state index < -0.39 is 6.10 Å². The second kappa shape index (κ2) is 6.71. The second-order valence-electron chi connectivity index (χ2n) is 5.57. The largest absolute Gasteiger partial charge is 0.392 e. The number of benzene rings is 1. The molecule has 3 atom stereocenters. The molecule has 0 spiro atoms. The predicted molar refractivity (Wildman–Crippen MR) is 81.6 cm³/mol. The normalized spacial score (nSPS) is 15.8. The highest BCUT2D eigenvalue weighted by Gasteiger charge is 2.26. The van der Waals surface area contributed by atoms with Crippen LogP contribution in [0.3, 0.4) is 0 Å². The third-order valence-corrected chi connectivity index (χ3v) is 4.04. The lowest BCUT2D eigenvalue weighted by Crippen LogP contribution is -2.26. The third kappa shape index (κ3) is 3.48. The first-order valence-corrected chi connectivity index (χ1v) is 7.33. The van der Waals surface area contributed by atoms with Crippen LogP contribution >= 0.6 is 0 Å². The lowest BCUT2D eigenvalue weighted by Gasteiger charge is -2.28. The van der Waals surface area contributed by atoms with Crippen molar-refractivity contribution in [3.05, 3.63) is 53.9 Å². The highest BCUT2D eigenvalue weighted by atomic mass is 16.3. The molecule has 1 N–H and O–H groups in total. The molecule has 0 radical (unpaired) electrons. The van der Waals surface area contributed by atoms with Gasteiger partial charge in [-0.1, -0.05) is 50.6 Å². The molecule has 0 aliphatic carbocycles. The molecule has 0 saturated heterocycles. The van der Waals surface area contributed by atoms with Crippen molar-refractivity contribution in [3.63, 3.8) is 0 Å². The van der Waals surface area contributed by atoms with Crippen LogP contribution < -0.4 is 0 Å². The summed E-state index contributed by atoms with van der Waals surface area (Å²) >= 11 is 0. The van der Waals surface area contributed by atoms with Crippen molar-refractivity contribution < 1.29 is 5.11 Å². The molecule has 0 aliphatic heterocycles. The SMILES string of the molecule is CCC(C)C(c1ccccc1)C(O)Cc1ccn(C)n1. The van der Waals surface area contributed by atoms with Crippen LogP contribution in [0, 0.1) is 5.92 Å². The number of rotatable bonds is 6. The summed E-state index contributed by atoms with van der Waals surface area (Å²) in [6, 6.07) is 12.3. The van der Waals surface area contributed by atoms with Gasteiger partial charge in [0, 0.05) is 25.6 Å². The van der Waals surface area contributed by atoms with Crippen molar-refractivity contribution in [2.45, 2.75) is 38.7 Å². The first-order chi connectivity index (χ1) is 9.61. The van der Waals surface area contributed by atoms with E-state index in [4.69, 9.17) is 0 Å². The molecule has 3 unspecified atom stereocenters. The smallest absolute Gasteiger partial charge is 0.0667 e. The first kappa shape index (κ1) is 14.8. The molecule has 3 nitrogen and oxygen atoms in total.